The van der Waals surface area contributed by atoms with E-state index in [4.69, 9.17) is 4.74 Å². The molecule has 0 bridgehead atoms. The molecule has 0 N–H and O–H groups in total. The van der Waals surface area contributed by atoms with Crippen LogP contribution in [0.3, 0.4) is 0 Å². The molecule has 0 aromatic heterocycles. The van der Waals surface area contributed by atoms with Crippen LogP contribution in [0.4, 0.5) is 0 Å². The van der Waals surface area contributed by atoms with Crippen molar-refractivity contribution < 1.29 is 13.2 Å². The van der Waals surface area contributed by atoms with E-state index in [0.717, 1.165) is 42.6 Å². The lowest BCUT2D eigenvalue weighted by Crippen LogP contribution is -2.43. The standard InChI is InChI=1S/C17H27NO3S/c1-12(2)18(15-8-6-7-9-15)22(19,20)17-11-13(3)16(21-5)10-14(17)4/h10-12,15H,6-9H2,1-5H3. The minimum atomic E-state index is -3.48. The SMILES string of the molecule is COc1cc(C)c(S(=O)(=O)N(C(C)C)C2CCCC2)cc1C. The second-order valence-electron chi connectivity index (χ2n) is 6.45. The molecule has 0 amide bonds. The van der Waals surface area contributed by atoms with Gasteiger partial charge in [-0.1, -0.05) is 12.8 Å². The predicted octanol–water partition coefficient (Wildman–Crippen LogP) is 3.65. The van der Waals surface area contributed by atoms with Crippen molar-refractivity contribution in [3.8, 4) is 5.75 Å². The summed E-state index contributed by atoms with van der Waals surface area (Å²) in [7, 11) is -1.88. The lowest BCUT2D eigenvalue weighted by Gasteiger charge is -2.32. The third-order valence-electron chi connectivity index (χ3n) is 4.44. The van der Waals surface area contributed by atoms with Crippen molar-refractivity contribution in [3.05, 3.63) is 23.3 Å². The monoisotopic (exact) mass is 325 g/mol. The number of aryl methyl sites for hydroxylation is 2. The molecular weight excluding hydrogens is 298 g/mol. The van der Waals surface area contributed by atoms with Gasteiger partial charge in [-0.25, -0.2) is 8.42 Å². The molecule has 0 heterocycles. The van der Waals surface area contributed by atoms with Gasteiger partial charge in [0.15, 0.2) is 0 Å². The third-order valence-corrected chi connectivity index (χ3v) is 6.71. The minimum Gasteiger partial charge on any atom is -0.496 e. The van der Waals surface area contributed by atoms with E-state index in [1.165, 1.54) is 0 Å². The van der Waals surface area contributed by atoms with Crippen molar-refractivity contribution in [1.82, 2.24) is 4.31 Å². The fourth-order valence-corrected chi connectivity index (χ4v) is 5.61. The first kappa shape index (κ1) is 17.3. The van der Waals surface area contributed by atoms with E-state index in [1.54, 1.807) is 17.5 Å². The number of hydrogen-bond acceptors (Lipinski definition) is 3. The topological polar surface area (TPSA) is 46.6 Å². The Morgan fingerprint density at radius 2 is 1.73 bits per heavy atom. The summed E-state index contributed by atoms with van der Waals surface area (Å²) < 4.78 is 33.4. The summed E-state index contributed by atoms with van der Waals surface area (Å²) in [6.07, 6.45) is 4.16. The zero-order valence-corrected chi connectivity index (χ0v) is 15.0. The molecule has 1 aromatic rings. The minimum absolute atomic E-state index is 0.0325. The third kappa shape index (κ3) is 3.15. The summed E-state index contributed by atoms with van der Waals surface area (Å²) in [6.45, 7) is 7.64. The molecule has 0 unspecified atom stereocenters. The molecule has 0 radical (unpaired) electrons. The van der Waals surface area contributed by atoms with Crippen LogP contribution in [0.2, 0.25) is 0 Å². The van der Waals surface area contributed by atoms with Gasteiger partial charge in [-0.15, -0.1) is 0 Å². The highest BCUT2D eigenvalue weighted by Crippen LogP contribution is 2.33. The Labute approximate surface area is 134 Å². The molecule has 1 aliphatic carbocycles. The molecule has 1 aromatic carbocycles. The van der Waals surface area contributed by atoms with Crippen LogP contribution in [-0.2, 0) is 10.0 Å². The maximum Gasteiger partial charge on any atom is 0.243 e. The van der Waals surface area contributed by atoms with E-state index in [1.807, 2.05) is 33.8 Å². The van der Waals surface area contributed by atoms with Gasteiger partial charge in [0.2, 0.25) is 10.0 Å². The Hall–Kier alpha value is -1.07. The van der Waals surface area contributed by atoms with Crippen molar-refractivity contribution in [3.63, 3.8) is 0 Å². The average Bonchev–Trinajstić information content (AvgIpc) is 2.93. The highest BCUT2D eigenvalue weighted by molar-refractivity contribution is 7.89. The number of sulfonamides is 1. The average molecular weight is 325 g/mol. The molecule has 1 aliphatic rings. The predicted molar refractivity (Wildman–Crippen MR) is 88.9 cm³/mol. The van der Waals surface area contributed by atoms with Crippen molar-refractivity contribution in [2.45, 2.75) is 70.4 Å². The zero-order chi connectivity index (χ0) is 16.5. The van der Waals surface area contributed by atoms with Crippen molar-refractivity contribution in [1.29, 1.82) is 0 Å². The molecule has 4 nitrogen and oxygen atoms in total. The maximum absolute atomic E-state index is 13.2. The normalized spacial score (nSPS) is 16.7. The van der Waals surface area contributed by atoms with E-state index >= 15 is 0 Å². The largest absolute Gasteiger partial charge is 0.496 e. The molecule has 0 atom stereocenters. The zero-order valence-electron chi connectivity index (χ0n) is 14.2. The number of ether oxygens (including phenoxy) is 1. The first-order valence-corrected chi connectivity index (χ1v) is 9.41. The van der Waals surface area contributed by atoms with Gasteiger partial charge in [-0.3, -0.25) is 0 Å². The summed E-state index contributed by atoms with van der Waals surface area (Å²) in [4.78, 5) is 0.409. The molecule has 0 spiro atoms. The fourth-order valence-electron chi connectivity index (χ4n) is 3.43. The lowest BCUT2D eigenvalue weighted by molar-refractivity contribution is 0.275. The summed E-state index contributed by atoms with van der Waals surface area (Å²) in [5, 5.41) is 0. The quantitative estimate of drug-likeness (QED) is 0.830. The first-order chi connectivity index (χ1) is 10.3. The Morgan fingerprint density at radius 1 is 1.14 bits per heavy atom. The van der Waals surface area contributed by atoms with Gasteiger partial charge >= 0.3 is 0 Å². The summed E-state index contributed by atoms with van der Waals surface area (Å²) in [6, 6.07) is 3.66. The van der Waals surface area contributed by atoms with Crippen molar-refractivity contribution >= 4 is 10.0 Å². The lowest BCUT2D eigenvalue weighted by atomic mass is 10.1. The van der Waals surface area contributed by atoms with E-state index < -0.39 is 10.0 Å². The van der Waals surface area contributed by atoms with Gasteiger partial charge < -0.3 is 4.74 Å². The van der Waals surface area contributed by atoms with Crippen LogP contribution in [0.25, 0.3) is 0 Å². The van der Waals surface area contributed by atoms with Crippen LogP contribution in [0.5, 0.6) is 5.75 Å². The van der Waals surface area contributed by atoms with E-state index in [-0.39, 0.29) is 12.1 Å². The van der Waals surface area contributed by atoms with Crippen LogP contribution in [0, 0.1) is 13.8 Å². The van der Waals surface area contributed by atoms with Gasteiger partial charge in [0.1, 0.15) is 5.75 Å². The smallest absolute Gasteiger partial charge is 0.243 e. The Bertz CT molecular complexity index is 632. The van der Waals surface area contributed by atoms with Gasteiger partial charge in [0, 0.05) is 12.1 Å². The van der Waals surface area contributed by atoms with Gasteiger partial charge in [0.25, 0.3) is 0 Å². The number of benzene rings is 1. The Balaban J connectivity index is 2.50. The number of hydrogen-bond donors (Lipinski definition) is 0. The molecule has 5 heteroatoms. The van der Waals surface area contributed by atoms with Crippen LogP contribution >= 0.6 is 0 Å². The number of nitrogens with zero attached hydrogens (tertiary/aromatic N) is 1. The van der Waals surface area contributed by atoms with Gasteiger partial charge in [-0.2, -0.15) is 4.31 Å². The molecule has 124 valence electrons. The van der Waals surface area contributed by atoms with Crippen molar-refractivity contribution in [2.24, 2.45) is 0 Å². The molecule has 0 saturated heterocycles. The molecule has 22 heavy (non-hydrogen) atoms. The molecular formula is C17H27NO3S. The van der Waals surface area contributed by atoms with Crippen LogP contribution in [0.15, 0.2) is 17.0 Å². The number of methoxy groups -OCH3 is 1. The second kappa shape index (κ2) is 6.59. The summed E-state index contributed by atoms with van der Waals surface area (Å²) >= 11 is 0. The first-order valence-electron chi connectivity index (χ1n) is 7.97. The van der Waals surface area contributed by atoms with Crippen LogP contribution in [0.1, 0.15) is 50.7 Å². The van der Waals surface area contributed by atoms with Gasteiger partial charge in [0.05, 0.1) is 12.0 Å². The van der Waals surface area contributed by atoms with Crippen molar-refractivity contribution in [2.75, 3.05) is 7.11 Å². The second-order valence-corrected chi connectivity index (χ2v) is 8.27. The fraction of sp³-hybridized carbons (Fsp3) is 0.647. The summed E-state index contributed by atoms with van der Waals surface area (Å²) in [5.41, 5.74) is 1.59. The van der Waals surface area contributed by atoms with E-state index in [2.05, 4.69) is 0 Å². The number of rotatable bonds is 5. The molecule has 1 saturated carbocycles. The van der Waals surface area contributed by atoms with Crippen LogP contribution in [-0.4, -0.2) is 31.9 Å². The highest BCUT2D eigenvalue weighted by atomic mass is 32.2. The molecule has 1 fully saturated rings. The Morgan fingerprint density at radius 3 is 2.23 bits per heavy atom. The van der Waals surface area contributed by atoms with E-state index in [9.17, 15) is 8.42 Å². The van der Waals surface area contributed by atoms with E-state index in [0.29, 0.717) is 4.90 Å². The van der Waals surface area contributed by atoms with Crippen LogP contribution < -0.4 is 4.74 Å². The maximum atomic E-state index is 13.2. The molecule has 0 aliphatic heterocycles. The molecule has 2 rings (SSSR count). The summed E-state index contributed by atoms with van der Waals surface area (Å²) in [5.74, 6) is 0.730. The van der Waals surface area contributed by atoms with Gasteiger partial charge in [-0.05, 0) is 63.8 Å². The highest BCUT2D eigenvalue weighted by Gasteiger charge is 2.36. The Kier molecular flexibility index (Phi) is 5.17.